The molecule has 0 radical (unpaired) electrons. The van der Waals surface area contributed by atoms with Crippen molar-refractivity contribution in [3.63, 3.8) is 0 Å². The van der Waals surface area contributed by atoms with Gasteiger partial charge in [0.25, 0.3) is 0 Å². The predicted molar refractivity (Wildman–Crippen MR) is 58.3 cm³/mol. The van der Waals surface area contributed by atoms with Crippen molar-refractivity contribution in [1.82, 2.24) is 0 Å². The minimum atomic E-state index is -0.144. The topological polar surface area (TPSA) is 20.2 Å². The first-order valence-corrected chi connectivity index (χ1v) is 5.53. The Morgan fingerprint density at radius 3 is 2.43 bits per heavy atom. The second kappa shape index (κ2) is 3.74. The van der Waals surface area contributed by atoms with Crippen LogP contribution in [0.15, 0.2) is 30.3 Å². The van der Waals surface area contributed by atoms with Crippen LogP contribution in [0.25, 0.3) is 0 Å². The summed E-state index contributed by atoms with van der Waals surface area (Å²) in [4.78, 5) is 0. The lowest BCUT2D eigenvalue weighted by Gasteiger charge is -2.22. The Labute approximate surface area is 85.8 Å². The van der Waals surface area contributed by atoms with Crippen LogP contribution in [0.3, 0.4) is 0 Å². The van der Waals surface area contributed by atoms with E-state index in [1.807, 2.05) is 6.07 Å². The summed E-state index contributed by atoms with van der Waals surface area (Å²) < 4.78 is 0. The summed E-state index contributed by atoms with van der Waals surface area (Å²) in [6.07, 6.45) is 4.15. The Morgan fingerprint density at radius 1 is 1.29 bits per heavy atom. The van der Waals surface area contributed by atoms with Crippen molar-refractivity contribution in [3.05, 3.63) is 35.9 Å². The molecule has 0 spiro atoms. The smallest absolute Gasteiger partial charge is 0.0636 e. The number of hydrogen-bond acceptors (Lipinski definition) is 1. The SMILES string of the molecule is CCCC(O)C1(c2ccccc2)CC1. The molecule has 0 aromatic heterocycles. The molecule has 1 saturated carbocycles. The van der Waals surface area contributed by atoms with Gasteiger partial charge in [-0.3, -0.25) is 0 Å². The minimum Gasteiger partial charge on any atom is -0.392 e. The molecule has 0 saturated heterocycles. The average molecular weight is 190 g/mol. The van der Waals surface area contributed by atoms with E-state index >= 15 is 0 Å². The maximum absolute atomic E-state index is 10.1. The molecular formula is C13H18O. The fourth-order valence-electron chi connectivity index (χ4n) is 2.27. The molecule has 2 rings (SSSR count). The van der Waals surface area contributed by atoms with Gasteiger partial charge in [0.15, 0.2) is 0 Å². The molecule has 1 aliphatic rings. The number of hydrogen-bond donors (Lipinski definition) is 1. The lowest BCUT2D eigenvalue weighted by atomic mass is 9.88. The zero-order valence-corrected chi connectivity index (χ0v) is 8.74. The van der Waals surface area contributed by atoms with Crippen LogP contribution in [0.4, 0.5) is 0 Å². The van der Waals surface area contributed by atoms with Gasteiger partial charge in [-0.05, 0) is 24.8 Å². The summed E-state index contributed by atoms with van der Waals surface area (Å²) in [6, 6.07) is 10.5. The molecule has 1 aliphatic carbocycles. The van der Waals surface area contributed by atoms with Crippen molar-refractivity contribution in [2.24, 2.45) is 0 Å². The predicted octanol–water partition coefficient (Wildman–Crippen LogP) is 2.88. The quantitative estimate of drug-likeness (QED) is 0.774. The van der Waals surface area contributed by atoms with E-state index in [-0.39, 0.29) is 11.5 Å². The van der Waals surface area contributed by atoms with Gasteiger partial charge in [0.1, 0.15) is 0 Å². The van der Waals surface area contributed by atoms with E-state index in [1.54, 1.807) is 0 Å². The summed E-state index contributed by atoms with van der Waals surface area (Å²) in [6.45, 7) is 2.13. The van der Waals surface area contributed by atoms with Crippen LogP contribution < -0.4 is 0 Å². The molecule has 1 nitrogen and oxygen atoms in total. The summed E-state index contributed by atoms with van der Waals surface area (Å²) in [5, 5.41) is 10.1. The Kier molecular flexibility index (Phi) is 2.60. The van der Waals surface area contributed by atoms with E-state index in [4.69, 9.17) is 0 Å². The molecular weight excluding hydrogens is 172 g/mol. The first-order valence-electron chi connectivity index (χ1n) is 5.53. The highest BCUT2D eigenvalue weighted by atomic mass is 16.3. The van der Waals surface area contributed by atoms with E-state index in [2.05, 4.69) is 31.2 Å². The largest absolute Gasteiger partial charge is 0.392 e. The van der Waals surface area contributed by atoms with Gasteiger partial charge in [0.05, 0.1) is 6.10 Å². The van der Waals surface area contributed by atoms with Crippen LogP contribution in [0.2, 0.25) is 0 Å². The molecule has 76 valence electrons. The maximum Gasteiger partial charge on any atom is 0.0636 e. The molecule has 1 atom stereocenters. The van der Waals surface area contributed by atoms with E-state index in [9.17, 15) is 5.11 Å². The summed E-state index contributed by atoms with van der Waals surface area (Å²) in [5.41, 5.74) is 1.43. The van der Waals surface area contributed by atoms with Crippen molar-refractivity contribution in [2.45, 2.75) is 44.1 Å². The lowest BCUT2D eigenvalue weighted by Crippen LogP contribution is -2.25. The number of aliphatic hydroxyl groups is 1. The van der Waals surface area contributed by atoms with Crippen molar-refractivity contribution in [2.75, 3.05) is 0 Å². The van der Waals surface area contributed by atoms with Crippen molar-refractivity contribution in [1.29, 1.82) is 0 Å². The fourth-order valence-corrected chi connectivity index (χ4v) is 2.27. The zero-order valence-electron chi connectivity index (χ0n) is 8.74. The van der Waals surface area contributed by atoms with Gasteiger partial charge in [-0.1, -0.05) is 43.7 Å². The molecule has 1 heteroatoms. The van der Waals surface area contributed by atoms with Crippen LogP contribution in [0, 0.1) is 0 Å². The van der Waals surface area contributed by atoms with Gasteiger partial charge in [0, 0.05) is 5.41 Å². The number of aliphatic hydroxyl groups excluding tert-OH is 1. The summed E-state index contributed by atoms with van der Waals surface area (Å²) in [5.74, 6) is 0. The van der Waals surface area contributed by atoms with E-state index in [0.717, 1.165) is 25.7 Å². The Balaban J connectivity index is 2.17. The van der Waals surface area contributed by atoms with Gasteiger partial charge in [-0.2, -0.15) is 0 Å². The first kappa shape index (κ1) is 9.72. The van der Waals surface area contributed by atoms with Crippen LogP contribution in [-0.4, -0.2) is 11.2 Å². The molecule has 1 aromatic carbocycles. The molecule has 1 N–H and O–H groups in total. The number of rotatable bonds is 4. The molecule has 1 unspecified atom stereocenters. The van der Waals surface area contributed by atoms with Crippen LogP contribution >= 0.6 is 0 Å². The van der Waals surface area contributed by atoms with Crippen LogP contribution in [0.5, 0.6) is 0 Å². The Hall–Kier alpha value is -0.820. The van der Waals surface area contributed by atoms with Gasteiger partial charge in [-0.15, -0.1) is 0 Å². The first-order chi connectivity index (χ1) is 6.79. The highest BCUT2D eigenvalue weighted by molar-refractivity contribution is 5.32. The van der Waals surface area contributed by atoms with E-state index < -0.39 is 0 Å². The van der Waals surface area contributed by atoms with Crippen LogP contribution in [-0.2, 0) is 5.41 Å². The average Bonchev–Trinajstić information content (AvgIpc) is 3.00. The molecule has 0 heterocycles. The summed E-state index contributed by atoms with van der Waals surface area (Å²) >= 11 is 0. The molecule has 14 heavy (non-hydrogen) atoms. The Morgan fingerprint density at radius 2 is 1.93 bits per heavy atom. The van der Waals surface area contributed by atoms with Crippen molar-refractivity contribution in [3.8, 4) is 0 Å². The zero-order chi connectivity index (χ0) is 10.0. The molecule has 1 aromatic rings. The monoisotopic (exact) mass is 190 g/mol. The standard InChI is InChI=1S/C13H18O/c1-2-6-12(14)13(9-10-13)11-7-4-3-5-8-11/h3-5,7-8,12,14H,2,6,9-10H2,1H3. The second-order valence-electron chi connectivity index (χ2n) is 4.33. The van der Waals surface area contributed by atoms with Crippen LogP contribution in [0.1, 0.15) is 38.2 Å². The van der Waals surface area contributed by atoms with E-state index in [1.165, 1.54) is 5.56 Å². The molecule has 0 aliphatic heterocycles. The maximum atomic E-state index is 10.1. The second-order valence-corrected chi connectivity index (χ2v) is 4.33. The van der Waals surface area contributed by atoms with Crippen molar-refractivity contribution >= 4 is 0 Å². The van der Waals surface area contributed by atoms with Gasteiger partial charge < -0.3 is 5.11 Å². The highest BCUT2D eigenvalue weighted by Gasteiger charge is 2.49. The third kappa shape index (κ3) is 1.57. The number of benzene rings is 1. The Bertz CT molecular complexity index is 287. The van der Waals surface area contributed by atoms with E-state index in [0.29, 0.717) is 0 Å². The lowest BCUT2D eigenvalue weighted by molar-refractivity contribution is 0.121. The minimum absolute atomic E-state index is 0.108. The van der Waals surface area contributed by atoms with Crippen molar-refractivity contribution < 1.29 is 5.11 Å². The highest BCUT2D eigenvalue weighted by Crippen LogP contribution is 2.51. The molecule has 1 fully saturated rings. The third-order valence-corrected chi connectivity index (χ3v) is 3.34. The van der Waals surface area contributed by atoms with Gasteiger partial charge >= 0.3 is 0 Å². The molecule has 0 bridgehead atoms. The van der Waals surface area contributed by atoms with Gasteiger partial charge in [-0.25, -0.2) is 0 Å². The normalized spacial score (nSPS) is 20.4. The third-order valence-electron chi connectivity index (χ3n) is 3.34. The molecule has 0 amide bonds. The summed E-state index contributed by atoms with van der Waals surface area (Å²) in [7, 11) is 0. The van der Waals surface area contributed by atoms with Gasteiger partial charge in [0.2, 0.25) is 0 Å². The fraction of sp³-hybridized carbons (Fsp3) is 0.538.